The van der Waals surface area contributed by atoms with Gasteiger partial charge in [-0.3, -0.25) is 4.79 Å². The van der Waals surface area contributed by atoms with Crippen LogP contribution in [0.4, 0.5) is 0 Å². The van der Waals surface area contributed by atoms with Gasteiger partial charge in [0.2, 0.25) is 5.91 Å². The lowest BCUT2D eigenvalue weighted by Crippen LogP contribution is -2.40. The maximum absolute atomic E-state index is 12.5. The fourth-order valence-electron chi connectivity index (χ4n) is 4.24. The summed E-state index contributed by atoms with van der Waals surface area (Å²) in [4.78, 5) is 14.6. The fraction of sp³-hybridized carbons (Fsp3) is 0.650. The molecule has 1 aromatic rings. The van der Waals surface area contributed by atoms with Crippen molar-refractivity contribution < 1.29 is 9.53 Å². The van der Waals surface area contributed by atoms with Crippen LogP contribution < -0.4 is 10.5 Å². The minimum atomic E-state index is 0.233. The molecule has 0 bridgehead atoms. The van der Waals surface area contributed by atoms with Crippen LogP contribution in [-0.2, 0) is 11.2 Å². The van der Waals surface area contributed by atoms with Crippen molar-refractivity contribution in [2.24, 2.45) is 17.6 Å². The molecular formula is C20H30N2O2. The van der Waals surface area contributed by atoms with E-state index in [-0.39, 0.29) is 6.04 Å². The Labute approximate surface area is 145 Å². The molecule has 1 saturated carbocycles. The number of ether oxygens (including phenoxy) is 1. The van der Waals surface area contributed by atoms with Crippen molar-refractivity contribution in [2.45, 2.75) is 51.0 Å². The number of rotatable bonds is 5. The van der Waals surface area contributed by atoms with Gasteiger partial charge in [0.15, 0.2) is 0 Å². The summed E-state index contributed by atoms with van der Waals surface area (Å²) in [5.74, 6) is 2.34. The second-order valence-corrected chi connectivity index (χ2v) is 7.40. The highest BCUT2D eigenvalue weighted by Gasteiger charge is 2.29. The van der Waals surface area contributed by atoms with Gasteiger partial charge in [-0.05, 0) is 55.6 Å². The summed E-state index contributed by atoms with van der Waals surface area (Å²) >= 11 is 0. The summed E-state index contributed by atoms with van der Waals surface area (Å²) in [7, 11) is 1.73. The van der Waals surface area contributed by atoms with Crippen molar-refractivity contribution in [3.05, 3.63) is 29.8 Å². The summed E-state index contributed by atoms with van der Waals surface area (Å²) < 4.78 is 5.45. The predicted molar refractivity (Wildman–Crippen MR) is 95.9 cm³/mol. The van der Waals surface area contributed by atoms with Crippen LogP contribution in [0.15, 0.2) is 24.3 Å². The summed E-state index contributed by atoms with van der Waals surface area (Å²) in [5.41, 5.74) is 7.39. The Morgan fingerprint density at radius 3 is 2.62 bits per heavy atom. The smallest absolute Gasteiger partial charge is 0.222 e. The van der Waals surface area contributed by atoms with Crippen LogP contribution in [0.5, 0.6) is 5.75 Å². The Kier molecular flexibility index (Phi) is 5.77. The number of amides is 1. The van der Waals surface area contributed by atoms with Gasteiger partial charge in [-0.25, -0.2) is 0 Å². The molecule has 0 aromatic heterocycles. The van der Waals surface area contributed by atoms with Gasteiger partial charge in [0, 0.05) is 25.6 Å². The van der Waals surface area contributed by atoms with Crippen molar-refractivity contribution in [3.8, 4) is 5.75 Å². The number of nitrogens with two attached hydrogens (primary N) is 1. The number of piperidine rings is 1. The maximum atomic E-state index is 12.5. The third kappa shape index (κ3) is 4.10. The van der Waals surface area contributed by atoms with Crippen molar-refractivity contribution >= 4 is 5.91 Å². The van der Waals surface area contributed by atoms with Crippen molar-refractivity contribution in [1.82, 2.24) is 4.90 Å². The standard InChI is InChI=1S/C20H30N2O2/c1-24-19-8-3-2-5-17(19)13-15-9-11-22(12-10-15)20(23)14-16-6-4-7-18(16)21/h2-3,5,8,15-16,18H,4,6-7,9-14,21H2,1H3/t16-,18+/m0/s1. The second-order valence-electron chi connectivity index (χ2n) is 7.40. The maximum Gasteiger partial charge on any atom is 0.222 e. The van der Waals surface area contributed by atoms with Crippen molar-refractivity contribution in [1.29, 1.82) is 0 Å². The third-order valence-corrected chi connectivity index (χ3v) is 5.82. The van der Waals surface area contributed by atoms with Crippen LogP contribution in [0.3, 0.4) is 0 Å². The van der Waals surface area contributed by atoms with Crippen LogP contribution in [0.2, 0.25) is 0 Å². The quantitative estimate of drug-likeness (QED) is 0.903. The van der Waals surface area contributed by atoms with E-state index < -0.39 is 0 Å². The van der Waals surface area contributed by atoms with Crippen molar-refractivity contribution in [3.63, 3.8) is 0 Å². The average Bonchev–Trinajstić information content (AvgIpc) is 3.01. The summed E-state index contributed by atoms with van der Waals surface area (Å²) in [6, 6.07) is 8.49. The van der Waals surface area contributed by atoms with Crippen LogP contribution in [0.1, 0.15) is 44.1 Å². The molecule has 2 aliphatic rings. The topological polar surface area (TPSA) is 55.6 Å². The number of hydrogen-bond donors (Lipinski definition) is 1. The minimum Gasteiger partial charge on any atom is -0.496 e. The number of likely N-dealkylation sites (tertiary alicyclic amines) is 1. The zero-order valence-corrected chi connectivity index (χ0v) is 14.7. The predicted octanol–water partition coefficient (Wildman–Crippen LogP) is 2.99. The first kappa shape index (κ1) is 17.3. The molecule has 1 amide bonds. The van der Waals surface area contributed by atoms with E-state index >= 15 is 0 Å². The third-order valence-electron chi connectivity index (χ3n) is 5.82. The van der Waals surface area contributed by atoms with E-state index in [0.29, 0.717) is 24.2 Å². The Hall–Kier alpha value is -1.55. The highest BCUT2D eigenvalue weighted by molar-refractivity contribution is 5.76. The molecule has 4 heteroatoms. The Bertz CT molecular complexity index is 552. The van der Waals surface area contributed by atoms with Crippen LogP contribution in [0, 0.1) is 11.8 Å². The molecule has 1 heterocycles. The van der Waals surface area contributed by atoms with E-state index in [0.717, 1.165) is 50.9 Å². The van der Waals surface area contributed by atoms with Gasteiger partial charge in [-0.1, -0.05) is 24.6 Å². The van der Waals surface area contributed by atoms with Gasteiger partial charge < -0.3 is 15.4 Å². The number of nitrogens with zero attached hydrogens (tertiary/aromatic N) is 1. The number of carbonyl (C=O) groups is 1. The molecule has 2 N–H and O–H groups in total. The molecule has 1 saturated heterocycles. The first-order chi connectivity index (χ1) is 11.7. The van der Waals surface area contributed by atoms with Gasteiger partial charge in [-0.15, -0.1) is 0 Å². The molecule has 1 aliphatic heterocycles. The summed E-state index contributed by atoms with van der Waals surface area (Å²) in [6.07, 6.45) is 7.25. The van der Waals surface area contributed by atoms with Gasteiger partial charge in [0.1, 0.15) is 5.75 Å². The highest BCUT2D eigenvalue weighted by atomic mass is 16.5. The van der Waals surface area contributed by atoms with E-state index in [1.807, 2.05) is 12.1 Å². The summed E-state index contributed by atoms with van der Waals surface area (Å²) in [5, 5.41) is 0. The first-order valence-electron chi connectivity index (χ1n) is 9.32. The number of hydrogen-bond acceptors (Lipinski definition) is 3. The molecule has 4 nitrogen and oxygen atoms in total. The zero-order chi connectivity index (χ0) is 16.9. The van der Waals surface area contributed by atoms with Gasteiger partial charge in [-0.2, -0.15) is 0 Å². The van der Waals surface area contributed by atoms with Crippen LogP contribution in [-0.4, -0.2) is 37.0 Å². The van der Waals surface area contributed by atoms with Crippen LogP contribution >= 0.6 is 0 Å². The molecular weight excluding hydrogens is 300 g/mol. The van der Waals surface area contributed by atoms with Crippen molar-refractivity contribution in [2.75, 3.05) is 20.2 Å². The van der Waals surface area contributed by atoms with E-state index in [1.165, 1.54) is 12.0 Å². The van der Waals surface area contributed by atoms with E-state index in [2.05, 4.69) is 17.0 Å². The molecule has 0 unspecified atom stereocenters. The van der Waals surface area contributed by atoms with Gasteiger partial charge in [0.05, 0.1) is 7.11 Å². The highest BCUT2D eigenvalue weighted by Crippen LogP contribution is 2.30. The van der Waals surface area contributed by atoms with E-state index in [4.69, 9.17) is 10.5 Å². The average molecular weight is 330 g/mol. The Morgan fingerprint density at radius 2 is 1.96 bits per heavy atom. The lowest BCUT2D eigenvalue weighted by atomic mass is 9.89. The molecule has 132 valence electrons. The molecule has 2 atom stereocenters. The minimum absolute atomic E-state index is 0.233. The molecule has 3 rings (SSSR count). The number of para-hydroxylation sites is 1. The molecule has 0 spiro atoms. The Balaban J connectivity index is 1.47. The van der Waals surface area contributed by atoms with Gasteiger partial charge in [0.25, 0.3) is 0 Å². The van der Waals surface area contributed by atoms with Crippen LogP contribution in [0.25, 0.3) is 0 Å². The second kappa shape index (κ2) is 8.02. The summed E-state index contributed by atoms with van der Waals surface area (Å²) in [6.45, 7) is 1.78. The number of benzene rings is 1. The molecule has 2 fully saturated rings. The lowest BCUT2D eigenvalue weighted by Gasteiger charge is -2.33. The number of methoxy groups -OCH3 is 1. The lowest BCUT2D eigenvalue weighted by molar-refractivity contribution is -0.133. The largest absolute Gasteiger partial charge is 0.496 e. The Morgan fingerprint density at radius 1 is 1.21 bits per heavy atom. The number of carbonyl (C=O) groups excluding carboxylic acids is 1. The molecule has 1 aromatic carbocycles. The van der Waals surface area contributed by atoms with Gasteiger partial charge >= 0.3 is 0 Å². The fourth-order valence-corrected chi connectivity index (χ4v) is 4.24. The van der Waals surface area contributed by atoms with E-state index in [9.17, 15) is 4.79 Å². The normalized spacial score (nSPS) is 25.0. The molecule has 0 radical (unpaired) electrons. The first-order valence-corrected chi connectivity index (χ1v) is 9.32. The molecule has 24 heavy (non-hydrogen) atoms. The van der Waals surface area contributed by atoms with E-state index in [1.54, 1.807) is 7.11 Å². The monoisotopic (exact) mass is 330 g/mol. The molecule has 1 aliphatic carbocycles. The SMILES string of the molecule is COc1ccccc1CC1CCN(C(=O)C[C@@H]2CCC[C@H]2N)CC1. The zero-order valence-electron chi connectivity index (χ0n) is 14.7.